The van der Waals surface area contributed by atoms with Crippen LogP contribution in [0.1, 0.15) is 19.3 Å². The summed E-state index contributed by atoms with van der Waals surface area (Å²) in [5, 5.41) is 3.44. The van der Waals surface area contributed by atoms with Gasteiger partial charge < -0.3 is 10.1 Å². The van der Waals surface area contributed by atoms with Gasteiger partial charge in [0.05, 0.1) is 6.10 Å². The van der Waals surface area contributed by atoms with E-state index in [0.29, 0.717) is 17.8 Å². The molecule has 5 heteroatoms. The van der Waals surface area contributed by atoms with Gasteiger partial charge in [-0.05, 0) is 31.4 Å². The number of ether oxygens (including phenoxy) is 1. The van der Waals surface area contributed by atoms with Gasteiger partial charge in [0.2, 0.25) is 0 Å². The Kier molecular flexibility index (Phi) is 3.06. The average molecular weight is 244 g/mol. The van der Waals surface area contributed by atoms with Crippen LogP contribution in [0.3, 0.4) is 0 Å². The predicted molar refractivity (Wildman–Crippen MR) is 69.4 cm³/mol. The standard InChI is InChI=1S/C13H16N4O/c1-18-10-3-2-9(8-10)16-12-5-4-11-13(17-12)15-7-6-14-11/h4-7,9-10H,2-3,8H2,1H3,(H,15,16,17). The molecular weight excluding hydrogens is 228 g/mol. The quantitative estimate of drug-likeness (QED) is 0.894. The van der Waals surface area contributed by atoms with Crippen LogP contribution >= 0.6 is 0 Å². The van der Waals surface area contributed by atoms with Gasteiger partial charge >= 0.3 is 0 Å². The second-order valence-corrected chi connectivity index (χ2v) is 4.61. The second kappa shape index (κ2) is 4.86. The number of nitrogens with zero attached hydrogens (tertiary/aromatic N) is 3. The Morgan fingerprint density at radius 1 is 1.22 bits per heavy atom. The molecule has 0 bridgehead atoms. The van der Waals surface area contributed by atoms with Gasteiger partial charge in [-0.15, -0.1) is 0 Å². The van der Waals surface area contributed by atoms with E-state index in [1.54, 1.807) is 19.5 Å². The monoisotopic (exact) mass is 244 g/mol. The minimum atomic E-state index is 0.378. The van der Waals surface area contributed by atoms with Gasteiger partial charge in [-0.3, -0.25) is 4.98 Å². The van der Waals surface area contributed by atoms with Crippen LogP contribution in [0.4, 0.5) is 5.82 Å². The van der Waals surface area contributed by atoms with Crippen molar-refractivity contribution in [3.05, 3.63) is 24.5 Å². The predicted octanol–water partition coefficient (Wildman–Crippen LogP) is 2.00. The molecule has 2 aromatic rings. The van der Waals surface area contributed by atoms with Crippen molar-refractivity contribution in [2.45, 2.75) is 31.4 Å². The van der Waals surface area contributed by atoms with Crippen LogP contribution in [0.2, 0.25) is 0 Å². The molecule has 2 heterocycles. The number of methoxy groups -OCH3 is 1. The third-order valence-corrected chi connectivity index (χ3v) is 3.40. The first kappa shape index (κ1) is 11.3. The first-order valence-corrected chi connectivity index (χ1v) is 6.22. The normalized spacial score (nSPS) is 23.4. The molecule has 1 N–H and O–H groups in total. The van der Waals surface area contributed by atoms with Crippen LogP contribution in [-0.4, -0.2) is 34.2 Å². The molecule has 1 aliphatic carbocycles. The lowest BCUT2D eigenvalue weighted by Gasteiger charge is -2.13. The molecule has 2 atom stereocenters. The van der Waals surface area contributed by atoms with Gasteiger partial charge in [0.1, 0.15) is 11.3 Å². The van der Waals surface area contributed by atoms with Gasteiger partial charge in [-0.25, -0.2) is 9.97 Å². The van der Waals surface area contributed by atoms with Crippen molar-refractivity contribution in [3.63, 3.8) is 0 Å². The fourth-order valence-corrected chi connectivity index (χ4v) is 2.43. The van der Waals surface area contributed by atoms with E-state index in [-0.39, 0.29) is 0 Å². The highest BCUT2D eigenvalue weighted by Crippen LogP contribution is 2.24. The van der Waals surface area contributed by atoms with E-state index in [9.17, 15) is 0 Å². The van der Waals surface area contributed by atoms with E-state index in [1.807, 2.05) is 12.1 Å². The van der Waals surface area contributed by atoms with Crippen LogP contribution in [-0.2, 0) is 4.74 Å². The number of anilines is 1. The molecule has 1 fully saturated rings. The van der Waals surface area contributed by atoms with Gasteiger partial charge in [0.15, 0.2) is 5.65 Å². The summed E-state index contributed by atoms with van der Waals surface area (Å²) in [4.78, 5) is 12.9. The van der Waals surface area contributed by atoms with E-state index < -0.39 is 0 Å². The lowest BCUT2D eigenvalue weighted by Crippen LogP contribution is -2.18. The lowest BCUT2D eigenvalue weighted by atomic mass is 10.2. The first-order chi connectivity index (χ1) is 8.85. The molecule has 0 saturated heterocycles. The van der Waals surface area contributed by atoms with Gasteiger partial charge in [-0.2, -0.15) is 0 Å². The smallest absolute Gasteiger partial charge is 0.180 e. The summed E-state index contributed by atoms with van der Waals surface area (Å²) in [5.74, 6) is 0.866. The van der Waals surface area contributed by atoms with Crippen molar-refractivity contribution >= 4 is 17.0 Å². The summed E-state index contributed by atoms with van der Waals surface area (Å²) in [6, 6.07) is 4.34. The van der Waals surface area contributed by atoms with E-state index in [1.165, 1.54) is 0 Å². The third-order valence-electron chi connectivity index (χ3n) is 3.40. The highest BCUT2D eigenvalue weighted by molar-refractivity contribution is 5.71. The highest BCUT2D eigenvalue weighted by atomic mass is 16.5. The largest absolute Gasteiger partial charge is 0.381 e. The zero-order valence-corrected chi connectivity index (χ0v) is 10.3. The summed E-state index contributed by atoms with van der Waals surface area (Å²) in [6.45, 7) is 0. The van der Waals surface area contributed by atoms with E-state index in [4.69, 9.17) is 4.74 Å². The number of pyridine rings is 1. The summed E-state index contributed by atoms with van der Waals surface area (Å²) < 4.78 is 5.37. The molecule has 0 spiro atoms. The fraction of sp³-hybridized carbons (Fsp3) is 0.462. The molecule has 3 rings (SSSR count). The van der Waals surface area contributed by atoms with Gasteiger partial charge in [-0.1, -0.05) is 0 Å². The first-order valence-electron chi connectivity index (χ1n) is 6.22. The zero-order valence-electron chi connectivity index (χ0n) is 10.3. The van der Waals surface area contributed by atoms with Crippen molar-refractivity contribution in [2.24, 2.45) is 0 Å². The number of rotatable bonds is 3. The Morgan fingerprint density at radius 2 is 2.11 bits per heavy atom. The lowest BCUT2D eigenvalue weighted by molar-refractivity contribution is 0.108. The molecule has 2 unspecified atom stereocenters. The van der Waals surface area contributed by atoms with Crippen molar-refractivity contribution in [3.8, 4) is 0 Å². The average Bonchev–Trinajstić information content (AvgIpc) is 2.86. The van der Waals surface area contributed by atoms with Crippen LogP contribution in [0.25, 0.3) is 11.2 Å². The highest BCUT2D eigenvalue weighted by Gasteiger charge is 2.24. The molecular formula is C13H16N4O. The topological polar surface area (TPSA) is 59.9 Å². The molecule has 1 saturated carbocycles. The molecule has 2 aromatic heterocycles. The summed E-state index contributed by atoms with van der Waals surface area (Å²) in [6.07, 6.45) is 6.99. The summed E-state index contributed by atoms with van der Waals surface area (Å²) in [5.41, 5.74) is 1.51. The Hall–Kier alpha value is -1.75. The maximum atomic E-state index is 5.37. The molecule has 0 radical (unpaired) electrons. The summed E-state index contributed by atoms with van der Waals surface area (Å²) in [7, 11) is 1.77. The molecule has 18 heavy (non-hydrogen) atoms. The minimum Gasteiger partial charge on any atom is -0.381 e. The number of nitrogens with one attached hydrogen (secondary N) is 1. The van der Waals surface area contributed by atoms with Crippen LogP contribution in [0.15, 0.2) is 24.5 Å². The van der Waals surface area contributed by atoms with E-state index >= 15 is 0 Å². The molecule has 0 aromatic carbocycles. The Balaban J connectivity index is 1.75. The van der Waals surface area contributed by atoms with Crippen molar-refractivity contribution in [2.75, 3.05) is 12.4 Å². The Morgan fingerprint density at radius 3 is 2.94 bits per heavy atom. The molecule has 0 aliphatic heterocycles. The van der Waals surface area contributed by atoms with E-state index in [2.05, 4.69) is 20.3 Å². The maximum Gasteiger partial charge on any atom is 0.180 e. The third kappa shape index (κ3) is 2.26. The Labute approximate surface area is 106 Å². The minimum absolute atomic E-state index is 0.378. The number of aromatic nitrogens is 3. The number of hydrogen-bond acceptors (Lipinski definition) is 5. The van der Waals surface area contributed by atoms with E-state index in [0.717, 1.165) is 30.6 Å². The zero-order chi connectivity index (χ0) is 12.4. The summed E-state index contributed by atoms with van der Waals surface area (Å²) >= 11 is 0. The van der Waals surface area contributed by atoms with Gasteiger partial charge in [0.25, 0.3) is 0 Å². The SMILES string of the molecule is COC1CCC(Nc2ccc3nccnc3n2)C1. The number of hydrogen-bond donors (Lipinski definition) is 1. The maximum absolute atomic E-state index is 5.37. The molecule has 94 valence electrons. The van der Waals surface area contributed by atoms with Crippen LogP contribution in [0.5, 0.6) is 0 Å². The molecule has 5 nitrogen and oxygen atoms in total. The number of fused-ring (bicyclic) bond motifs is 1. The van der Waals surface area contributed by atoms with Gasteiger partial charge in [0, 0.05) is 25.5 Å². The van der Waals surface area contributed by atoms with Crippen molar-refractivity contribution in [1.29, 1.82) is 0 Å². The van der Waals surface area contributed by atoms with Crippen LogP contribution in [0, 0.1) is 0 Å². The fourth-order valence-electron chi connectivity index (χ4n) is 2.43. The Bertz CT molecular complexity index is 545. The molecule has 0 amide bonds. The van der Waals surface area contributed by atoms with Crippen molar-refractivity contribution < 1.29 is 4.74 Å². The second-order valence-electron chi connectivity index (χ2n) is 4.61. The molecule has 1 aliphatic rings. The van der Waals surface area contributed by atoms with Crippen LogP contribution < -0.4 is 5.32 Å². The van der Waals surface area contributed by atoms with Crippen molar-refractivity contribution in [1.82, 2.24) is 15.0 Å².